The summed E-state index contributed by atoms with van der Waals surface area (Å²) < 4.78 is 5.47. The highest BCUT2D eigenvalue weighted by molar-refractivity contribution is 5.96. The van der Waals surface area contributed by atoms with Gasteiger partial charge in [-0.25, -0.2) is 0 Å². The Morgan fingerprint density at radius 1 is 1.50 bits per heavy atom. The normalized spacial score (nSPS) is 22.9. The van der Waals surface area contributed by atoms with Crippen molar-refractivity contribution in [3.8, 4) is 0 Å². The zero-order chi connectivity index (χ0) is 14.5. The number of nitrogens with zero attached hydrogens (tertiary/aromatic N) is 1. The lowest BCUT2D eigenvalue weighted by Gasteiger charge is -2.37. The van der Waals surface area contributed by atoms with Crippen molar-refractivity contribution in [2.45, 2.75) is 25.5 Å². The monoisotopic (exact) mass is 278 g/mol. The Morgan fingerprint density at radius 3 is 2.95 bits per heavy atom. The van der Waals surface area contributed by atoms with Gasteiger partial charge in [0.2, 0.25) is 0 Å². The molecule has 1 fully saturated rings. The van der Waals surface area contributed by atoms with Crippen molar-refractivity contribution < 1.29 is 14.6 Å². The molecule has 20 heavy (non-hydrogen) atoms. The zero-order valence-electron chi connectivity index (χ0n) is 11.8. The van der Waals surface area contributed by atoms with Crippen molar-refractivity contribution in [3.63, 3.8) is 0 Å². The quantitative estimate of drug-likeness (QED) is 0.836. The second-order valence-corrected chi connectivity index (χ2v) is 5.14. The third-order valence-electron chi connectivity index (χ3n) is 3.63. The van der Waals surface area contributed by atoms with Crippen LogP contribution in [0.1, 0.15) is 22.8 Å². The highest BCUT2D eigenvalue weighted by Crippen LogP contribution is 2.18. The van der Waals surface area contributed by atoms with Crippen LogP contribution in [-0.4, -0.2) is 54.4 Å². The molecule has 1 aromatic carbocycles. The molecule has 0 aromatic heterocycles. The van der Waals surface area contributed by atoms with E-state index in [0.717, 1.165) is 5.56 Å². The highest BCUT2D eigenvalue weighted by Gasteiger charge is 2.30. The largest absolute Gasteiger partial charge is 0.394 e. The lowest BCUT2D eigenvalue weighted by molar-refractivity contribution is -0.0667. The van der Waals surface area contributed by atoms with Gasteiger partial charge in [-0.1, -0.05) is 18.2 Å². The molecule has 1 amide bonds. The number of rotatable bonds is 4. The van der Waals surface area contributed by atoms with E-state index in [9.17, 15) is 9.90 Å². The lowest BCUT2D eigenvalue weighted by atomic mass is 10.0. The average Bonchev–Trinajstić information content (AvgIpc) is 2.48. The number of aliphatic hydroxyl groups excluding tert-OH is 1. The van der Waals surface area contributed by atoms with Crippen LogP contribution in [0.3, 0.4) is 0 Å². The first-order chi connectivity index (χ1) is 9.67. The van der Waals surface area contributed by atoms with E-state index in [-0.39, 0.29) is 24.7 Å². The van der Waals surface area contributed by atoms with Gasteiger partial charge < -0.3 is 20.5 Å². The first-order valence-electron chi connectivity index (χ1n) is 6.98. The van der Waals surface area contributed by atoms with Crippen molar-refractivity contribution in [2.24, 2.45) is 5.73 Å². The second kappa shape index (κ2) is 6.83. The highest BCUT2D eigenvalue weighted by atomic mass is 16.5. The number of ether oxygens (including phenoxy) is 1. The molecule has 5 heteroatoms. The number of morpholine rings is 1. The average molecular weight is 278 g/mol. The Labute approximate surface area is 119 Å². The van der Waals surface area contributed by atoms with Crippen molar-refractivity contribution in [3.05, 3.63) is 35.4 Å². The standard InChI is InChI=1S/C15H22N2O3/c1-11-10-20-13(9-18)8-17(11)15(19)14-5-3-2-4-12(14)6-7-16/h2-5,11,13,18H,6-10,16H2,1H3. The van der Waals surface area contributed by atoms with E-state index in [1.807, 2.05) is 31.2 Å². The Morgan fingerprint density at radius 2 is 2.25 bits per heavy atom. The Hall–Kier alpha value is -1.43. The fraction of sp³-hybridized carbons (Fsp3) is 0.533. The lowest BCUT2D eigenvalue weighted by Crippen LogP contribution is -2.52. The van der Waals surface area contributed by atoms with E-state index in [0.29, 0.717) is 31.7 Å². The first-order valence-corrected chi connectivity index (χ1v) is 6.98. The number of carbonyl (C=O) groups excluding carboxylic acids is 1. The smallest absolute Gasteiger partial charge is 0.254 e. The summed E-state index contributed by atoms with van der Waals surface area (Å²) in [5, 5.41) is 9.21. The summed E-state index contributed by atoms with van der Waals surface area (Å²) in [4.78, 5) is 14.5. The fourth-order valence-corrected chi connectivity index (χ4v) is 2.47. The van der Waals surface area contributed by atoms with Crippen molar-refractivity contribution in [1.82, 2.24) is 4.90 Å². The molecule has 0 bridgehead atoms. The molecule has 0 spiro atoms. The van der Waals surface area contributed by atoms with Gasteiger partial charge in [0.25, 0.3) is 5.91 Å². The van der Waals surface area contributed by atoms with Crippen molar-refractivity contribution in [2.75, 3.05) is 26.3 Å². The minimum absolute atomic E-state index is 0.0104. The van der Waals surface area contributed by atoms with Crippen LogP contribution >= 0.6 is 0 Å². The van der Waals surface area contributed by atoms with Gasteiger partial charge in [0, 0.05) is 12.1 Å². The van der Waals surface area contributed by atoms with E-state index >= 15 is 0 Å². The summed E-state index contributed by atoms with van der Waals surface area (Å²) in [7, 11) is 0. The number of hydrogen-bond acceptors (Lipinski definition) is 4. The van der Waals surface area contributed by atoms with E-state index in [1.54, 1.807) is 4.90 Å². The predicted molar refractivity (Wildman–Crippen MR) is 76.5 cm³/mol. The summed E-state index contributed by atoms with van der Waals surface area (Å²) >= 11 is 0. The summed E-state index contributed by atoms with van der Waals surface area (Å²) in [5.41, 5.74) is 7.27. The van der Waals surface area contributed by atoms with Gasteiger partial charge in [-0.2, -0.15) is 0 Å². The SMILES string of the molecule is CC1COC(CO)CN1C(=O)c1ccccc1CCN. The molecule has 1 heterocycles. The molecule has 0 aliphatic carbocycles. The first kappa shape index (κ1) is 15.0. The summed E-state index contributed by atoms with van der Waals surface area (Å²) in [6.45, 7) is 3.28. The molecule has 3 N–H and O–H groups in total. The number of amides is 1. The molecule has 2 unspecified atom stereocenters. The molecule has 1 aliphatic heterocycles. The van der Waals surface area contributed by atoms with Crippen LogP contribution in [0.15, 0.2) is 24.3 Å². The molecular formula is C15H22N2O3. The zero-order valence-corrected chi connectivity index (χ0v) is 11.8. The number of benzene rings is 1. The van der Waals surface area contributed by atoms with E-state index < -0.39 is 0 Å². The Balaban J connectivity index is 2.21. The maximum Gasteiger partial charge on any atom is 0.254 e. The molecule has 1 aromatic rings. The summed E-state index contributed by atoms with van der Waals surface area (Å²) in [6, 6.07) is 7.57. The second-order valence-electron chi connectivity index (χ2n) is 5.14. The Kier molecular flexibility index (Phi) is 5.11. The van der Waals surface area contributed by atoms with Crippen LogP contribution in [0.5, 0.6) is 0 Å². The van der Waals surface area contributed by atoms with Gasteiger partial charge in [0.15, 0.2) is 0 Å². The molecule has 2 atom stereocenters. The van der Waals surface area contributed by atoms with Crippen LogP contribution in [0.4, 0.5) is 0 Å². The van der Waals surface area contributed by atoms with Gasteiger partial charge in [0.05, 0.1) is 25.4 Å². The number of aliphatic hydroxyl groups is 1. The van der Waals surface area contributed by atoms with Crippen molar-refractivity contribution in [1.29, 1.82) is 0 Å². The van der Waals surface area contributed by atoms with Crippen LogP contribution in [0.2, 0.25) is 0 Å². The van der Waals surface area contributed by atoms with Crippen LogP contribution in [0.25, 0.3) is 0 Å². The molecule has 110 valence electrons. The molecule has 1 saturated heterocycles. The molecule has 5 nitrogen and oxygen atoms in total. The summed E-state index contributed by atoms with van der Waals surface area (Å²) in [6.07, 6.45) is 0.390. The third-order valence-corrected chi connectivity index (χ3v) is 3.63. The van der Waals surface area contributed by atoms with Gasteiger partial charge in [0.1, 0.15) is 0 Å². The van der Waals surface area contributed by atoms with Gasteiger partial charge in [-0.05, 0) is 31.5 Å². The molecule has 0 saturated carbocycles. The van der Waals surface area contributed by atoms with Gasteiger partial charge in [-0.15, -0.1) is 0 Å². The van der Waals surface area contributed by atoms with E-state index in [2.05, 4.69) is 0 Å². The minimum atomic E-state index is -0.295. The maximum atomic E-state index is 12.7. The number of hydrogen-bond donors (Lipinski definition) is 2. The van der Waals surface area contributed by atoms with Crippen LogP contribution in [0, 0.1) is 0 Å². The third kappa shape index (κ3) is 3.17. The predicted octanol–water partition coefficient (Wildman–Crippen LogP) is 0.410. The van der Waals surface area contributed by atoms with Gasteiger partial charge >= 0.3 is 0 Å². The van der Waals surface area contributed by atoms with Crippen molar-refractivity contribution >= 4 is 5.91 Å². The maximum absolute atomic E-state index is 12.7. The van der Waals surface area contributed by atoms with E-state index in [4.69, 9.17) is 10.5 Å². The number of carbonyl (C=O) groups is 1. The molecule has 0 radical (unpaired) electrons. The fourth-order valence-electron chi connectivity index (χ4n) is 2.47. The number of nitrogens with two attached hydrogens (primary N) is 1. The molecule has 2 rings (SSSR count). The van der Waals surface area contributed by atoms with Crippen LogP contribution < -0.4 is 5.73 Å². The molecule has 1 aliphatic rings. The van der Waals surface area contributed by atoms with Crippen LogP contribution in [-0.2, 0) is 11.2 Å². The van der Waals surface area contributed by atoms with E-state index in [1.165, 1.54) is 0 Å². The summed E-state index contributed by atoms with van der Waals surface area (Å²) in [5.74, 6) is -0.0108. The van der Waals surface area contributed by atoms with Gasteiger partial charge in [-0.3, -0.25) is 4.79 Å². The topological polar surface area (TPSA) is 75.8 Å². The molecular weight excluding hydrogens is 256 g/mol. The Bertz CT molecular complexity index is 464. The minimum Gasteiger partial charge on any atom is -0.394 e.